The molecule has 0 atom stereocenters. The Morgan fingerprint density at radius 1 is 1.00 bits per heavy atom. The number of hydrogen-bond acceptors (Lipinski definition) is 7. The highest BCUT2D eigenvalue weighted by Crippen LogP contribution is 2.32. The molecule has 5 rings (SSSR count). The Bertz CT molecular complexity index is 1310. The Hall–Kier alpha value is -3.85. The molecule has 1 aromatic carbocycles. The molecule has 1 aliphatic heterocycles. The zero-order valence-electron chi connectivity index (χ0n) is 19.4. The van der Waals surface area contributed by atoms with E-state index < -0.39 is 5.82 Å². The van der Waals surface area contributed by atoms with E-state index in [0.717, 1.165) is 48.9 Å². The summed E-state index contributed by atoms with van der Waals surface area (Å²) in [6, 6.07) is 10.9. The predicted molar refractivity (Wildman–Crippen MR) is 129 cm³/mol. The minimum Gasteiger partial charge on any atom is -0.496 e. The van der Waals surface area contributed by atoms with Crippen LogP contribution in [0, 0.1) is 12.7 Å². The van der Waals surface area contributed by atoms with Crippen molar-refractivity contribution in [2.75, 3.05) is 45.2 Å². The van der Waals surface area contributed by atoms with Crippen LogP contribution in [-0.4, -0.2) is 70.0 Å². The van der Waals surface area contributed by atoms with Crippen molar-refractivity contribution in [3.05, 3.63) is 66.4 Å². The van der Waals surface area contributed by atoms with Gasteiger partial charge in [0, 0.05) is 44.1 Å². The van der Waals surface area contributed by atoms with Crippen LogP contribution in [0.25, 0.3) is 28.5 Å². The number of aromatic nitrogens is 5. The number of aryl methyl sites for hydroxylation is 1. The van der Waals surface area contributed by atoms with Gasteiger partial charge in [-0.25, -0.2) is 24.0 Å². The number of ether oxygens (including phenoxy) is 1. The van der Waals surface area contributed by atoms with E-state index in [-0.39, 0.29) is 11.4 Å². The van der Waals surface area contributed by atoms with Crippen molar-refractivity contribution < 1.29 is 9.13 Å². The summed E-state index contributed by atoms with van der Waals surface area (Å²) in [6.45, 7) is 5.73. The number of benzene rings is 1. The smallest absolute Gasteiger partial charge is 0.166 e. The molecule has 174 valence electrons. The van der Waals surface area contributed by atoms with E-state index in [9.17, 15) is 4.39 Å². The molecule has 34 heavy (non-hydrogen) atoms. The van der Waals surface area contributed by atoms with Gasteiger partial charge in [0.05, 0.1) is 24.6 Å². The highest BCUT2D eigenvalue weighted by Gasteiger charge is 2.18. The summed E-state index contributed by atoms with van der Waals surface area (Å²) in [5.74, 6) is 1.90. The van der Waals surface area contributed by atoms with Crippen LogP contribution in [0.3, 0.4) is 0 Å². The molecule has 4 heterocycles. The van der Waals surface area contributed by atoms with Gasteiger partial charge in [-0.1, -0.05) is 6.07 Å². The number of rotatable bonds is 5. The Morgan fingerprint density at radius 3 is 2.59 bits per heavy atom. The second-order valence-electron chi connectivity index (χ2n) is 8.41. The number of methoxy groups -OCH3 is 1. The summed E-state index contributed by atoms with van der Waals surface area (Å²) in [7, 11) is 3.64. The zero-order chi connectivity index (χ0) is 23.7. The maximum atomic E-state index is 14.8. The molecule has 0 aliphatic carbocycles. The maximum absolute atomic E-state index is 14.8. The van der Waals surface area contributed by atoms with Gasteiger partial charge in [0.2, 0.25) is 0 Å². The van der Waals surface area contributed by atoms with Crippen LogP contribution >= 0.6 is 0 Å². The summed E-state index contributed by atoms with van der Waals surface area (Å²) in [5.41, 5.74) is 2.42. The largest absolute Gasteiger partial charge is 0.496 e. The van der Waals surface area contributed by atoms with E-state index in [1.54, 1.807) is 29.2 Å². The topological polar surface area (TPSA) is 72.2 Å². The average Bonchev–Trinajstić information content (AvgIpc) is 3.35. The Balaban J connectivity index is 1.44. The second-order valence-corrected chi connectivity index (χ2v) is 8.41. The molecule has 8 nitrogen and oxygen atoms in total. The van der Waals surface area contributed by atoms with Crippen LogP contribution in [0.2, 0.25) is 0 Å². The molecule has 1 saturated heterocycles. The summed E-state index contributed by atoms with van der Waals surface area (Å²) in [5, 5.41) is 4.49. The minimum absolute atomic E-state index is 0.240. The number of anilines is 1. The highest BCUT2D eigenvalue weighted by molar-refractivity contribution is 5.68. The van der Waals surface area contributed by atoms with Gasteiger partial charge in [-0.15, -0.1) is 0 Å². The summed E-state index contributed by atoms with van der Waals surface area (Å²) >= 11 is 0. The van der Waals surface area contributed by atoms with Gasteiger partial charge >= 0.3 is 0 Å². The van der Waals surface area contributed by atoms with Gasteiger partial charge in [0.15, 0.2) is 11.6 Å². The third-order valence-electron chi connectivity index (χ3n) is 5.96. The molecule has 1 fully saturated rings. The van der Waals surface area contributed by atoms with Gasteiger partial charge in [0.25, 0.3) is 0 Å². The summed E-state index contributed by atoms with van der Waals surface area (Å²) in [4.78, 5) is 18.3. The lowest BCUT2D eigenvalue weighted by atomic mass is 10.1. The fourth-order valence-corrected chi connectivity index (χ4v) is 4.06. The SMILES string of the molecule is COc1cc(C)cc(F)c1-c1nccc(-c2cnn(-c3cccc(N4CCN(C)CC4)n3)c2)n1. The molecule has 9 heteroatoms. The lowest BCUT2D eigenvalue weighted by molar-refractivity contribution is 0.312. The molecule has 0 unspecified atom stereocenters. The molecule has 0 saturated carbocycles. The van der Waals surface area contributed by atoms with E-state index in [1.165, 1.54) is 13.2 Å². The number of halogens is 1. The molecule has 3 aromatic heterocycles. The van der Waals surface area contributed by atoms with Crippen molar-refractivity contribution in [3.8, 4) is 34.2 Å². The first kappa shape index (κ1) is 22.0. The predicted octanol–water partition coefficient (Wildman–Crippen LogP) is 3.60. The van der Waals surface area contributed by atoms with Crippen LogP contribution < -0.4 is 9.64 Å². The van der Waals surface area contributed by atoms with Crippen LogP contribution in [-0.2, 0) is 0 Å². The van der Waals surface area contributed by atoms with Crippen molar-refractivity contribution >= 4 is 5.82 Å². The van der Waals surface area contributed by atoms with Crippen LogP contribution in [0.4, 0.5) is 10.2 Å². The first-order valence-corrected chi connectivity index (χ1v) is 11.2. The van der Waals surface area contributed by atoms with E-state index >= 15 is 0 Å². The Kier molecular flexibility index (Phi) is 5.93. The number of likely N-dealkylation sites (N-methyl/N-ethyl adjacent to an activating group) is 1. The molecular weight excluding hydrogens is 433 g/mol. The van der Waals surface area contributed by atoms with Gasteiger partial charge in [-0.05, 0) is 49.9 Å². The van der Waals surface area contributed by atoms with Crippen LogP contribution in [0.1, 0.15) is 5.56 Å². The van der Waals surface area contributed by atoms with Crippen molar-refractivity contribution in [2.24, 2.45) is 0 Å². The minimum atomic E-state index is -0.422. The monoisotopic (exact) mass is 459 g/mol. The van der Waals surface area contributed by atoms with E-state index in [0.29, 0.717) is 11.4 Å². The fraction of sp³-hybridized carbons (Fsp3) is 0.280. The van der Waals surface area contributed by atoms with Crippen LogP contribution in [0.5, 0.6) is 5.75 Å². The van der Waals surface area contributed by atoms with Crippen molar-refractivity contribution in [1.82, 2.24) is 29.6 Å². The third-order valence-corrected chi connectivity index (χ3v) is 5.96. The standard InChI is InChI=1S/C25H26FN7O/c1-17-13-19(26)24(21(14-17)34-3)25-27-8-7-20(29-25)18-15-28-33(16-18)23-6-4-5-22(30-23)32-11-9-31(2)10-12-32/h4-8,13-16H,9-12H2,1-3H3. The lowest BCUT2D eigenvalue weighted by Gasteiger charge is -2.33. The van der Waals surface area contributed by atoms with Crippen LogP contribution in [0.15, 0.2) is 55.0 Å². The van der Waals surface area contributed by atoms with Gasteiger partial charge in [-0.3, -0.25) is 0 Å². The molecule has 0 spiro atoms. The van der Waals surface area contributed by atoms with Crippen molar-refractivity contribution in [2.45, 2.75) is 6.92 Å². The zero-order valence-corrected chi connectivity index (χ0v) is 19.4. The Morgan fingerprint density at radius 2 is 1.79 bits per heavy atom. The first-order valence-electron chi connectivity index (χ1n) is 11.2. The van der Waals surface area contributed by atoms with Gasteiger partial charge in [-0.2, -0.15) is 5.10 Å². The number of nitrogens with zero attached hydrogens (tertiary/aromatic N) is 7. The van der Waals surface area contributed by atoms with Gasteiger partial charge in [0.1, 0.15) is 17.4 Å². The lowest BCUT2D eigenvalue weighted by Crippen LogP contribution is -2.44. The number of piperazine rings is 1. The Labute approximate surface area is 197 Å². The molecule has 0 N–H and O–H groups in total. The second kappa shape index (κ2) is 9.18. The third kappa shape index (κ3) is 4.34. The van der Waals surface area contributed by atoms with E-state index in [1.807, 2.05) is 31.3 Å². The molecule has 1 aliphatic rings. The molecule has 0 amide bonds. The quantitative estimate of drug-likeness (QED) is 0.452. The molecule has 0 bridgehead atoms. The average molecular weight is 460 g/mol. The van der Waals surface area contributed by atoms with E-state index in [4.69, 9.17) is 9.72 Å². The number of pyridine rings is 1. The van der Waals surface area contributed by atoms with Crippen molar-refractivity contribution in [1.29, 1.82) is 0 Å². The first-order chi connectivity index (χ1) is 16.5. The highest BCUT2D eigenvalue weighted by atomic mass is 19.1. The van der Waals surface area contributed by atoms with Crippen molar-refractivity contribution in [3.63, 3.8) is 0 Å². The molecular formula is C25H26FN7O. The maximum Gasteiger partial charge on any atom is 0.166 e. The number of hydrogen-bond donors (Lipinski definition) is 0. The van der Waals surface area contributed by atoms with Gasteiger partial charge < -0.3 is 14.5 Å². The summed E-state index contributed by atoms with van der Waals surface area (Å²) in [6.07, 6.45) is 5.20. The molecule has 0 radical (unpaired) electrons. The van der Waals surface area contributed by atoms with E-state index in [2.05, 4.69) is 31.9 Å². The normalized spacial score (nSPS) is 14.4. The summed E-state index contributed by atoms with van der Waals surface area (Å²) < 4.78 is 21.9. The fourth-order valence-electron chi connectivity index (χ4n) is 4.06. The molecule has 4 aromatic rings.